The van der Waals surface area contributed by atoms with Gasteiger partial charge in [0.15, 0.2) is 6.10 Å². The van der Waals surface area contributed by atoms with E-state index in [4.69, 9.17) is 9.47 Å². The lowest BCUT2D eigenvalue weighted by Crippen LogP contribution is -2.29. The number of halogens is 3. The predicted octanol–water partition coefficient (Wildman–Crippen LogP) is 4.79. The van der Waals surface area contributed by atoms with Crippen LogP contribution in [0.1, 0.15) is 24.2 Å². The normalized spacial score (nSPS) is 13.4. The number of para-hydroxylation sites is 1. The molecule has 182 valence electrons. The number of esters is 1. The van der Waals surface area contributed by atoms with Crippen molar-refractivity contribution >= 4 is 16.9 Å². The number of alkyl halides is 3. The summed E-state index contributed by atoms with van der Waals surface area (Å²) in [4.78, 5) is 15.6. The molecule has 4 aromatic rings. The molecular weight excluding hydrogens is 465 g/mol. The molecule has 2 heterocycles. The first kappa shape index (κ1) is 24.2. The van der Waals surface area contributed by atoms with E-state index in [0.29, 0.717) is 28.6 Å². The molecule has 2 aromatic carbocycles. The predicted molar refractivity (Wildman–Crippen MR) is 120 cm³/mol. The zero-order valence-corrected chi connectivity index (χ0v) is 18.4. The van der Waals surface area contributed by atoms with Crippen LogP contribution in [-0.2, 0) is 15.7 Å². The second-order valence-corrected chi connectivity index (χ2v) is 7.59. The minimum atomic E-state index is -4.48. The number of nitrogens with zero attached hydrogens (tertiary/aromatic N) is 2. The van der Waals surface area contributed by atoms with Crippen molar-refractivity contribution in [3.63, 3.8) is 0 Å². The number of hydrogen-bond acceptors (Lipinski definition) is 6. The Morgan fingerprint density at radius 1 is 1.06 bits per heavy atom. The van der Waals surface area contributed by atoms with E-state index in [1.54, 1.807) is 54.1 Å². The molecule has 2 aromatic heterocycles. The standard InChI is InChI=1S/C25H21F3N2O5/c1-2-34-24(33)23(32)22(31)19-14-30(20-6-4-3-5-18(19)20)16-8-10-17(11-9-16)35-21-12-7-15(13-29-21)25(26,27)28/h3-14,22-23,31-32H,2H2,1H3/t22-,23+/m0/s1. The van der Waals surface area contributed by atoms with Crippen molar-refractivity contribution in [1.82, 2.24) is 9.55 Å². The van der Waals surface area contributed by atoms with Crippen molar-refractivity contribution in [2.24, 2.45) is 0 Å². The molecule has 0 unspecified atom stereocenters. The number of aromatic nitrogens is 2. The summed E-state index contributed by atoms with van der Waals surface area (Å²) in [6.07, 6.45) is -5.42. The molecule has 0 saturated carbocycles. The van der Waals surface area contributed by atoms with Gasteiger partial charge in [0, 0.05) is 35.1 Å². The fourth-order valence-electron chi connectivity index (χ4n) is 3.59. The molecule has 35 heavy (non-hydrogen) atoms. The number of ether oxygens (including phenoxy) is 2. The van der Waals surface area contributed by atoms with Gasteiger partial charge in [0.25, 0.3) is 0 Å². The topological polar surface area (TPSA) is 93.8 Å². The first-order valence-corrected chi connectivity index (χ1v) is 10.6. The molecule has 0 aliphatic rings. The summed E-state index contributed by atoms with van der Waals surface area (Å²) in [6, 6.07) is 15.8. The summed E-state index contributed by atoms with van der Waals surface area (Å²) >= 11 is 0. The zero-order chi connectivity index (χ0) is 25.2. The third-order valence-electron chi connectivity index (χ3n) is 5.29. The van der Waals surface area contributed by atoms with Gasteiger partial charge in [-0.1, -0.05) is 18.2 Å². The number of aliphatic hydroxyl groups is 2. The van der Waals surface area contributed by atoms with Crippen molar-refractivity contribution in [2.45, 2.75) is 25.3 Å². The van der Waals surface area contributed by atoms with E-state index >= 15 is 0 Å². The van der Waals surface area contributed by atoms with Gasteiger partial charge in [0.2, 0.25) is 5.88 Å². The number of fused-ring (bicyclic) bond motifs is 1. The fourth-order valence-corrected chi connectivity index (χ4v) is 3.59. The van der Waals surface area contributed by atoms with Gasteiger partial charge in [-0.05, 0) is 43.3 Å². The maximum Gasteiger partial charge on any atom is 0.417 e. The molecular formula is C25H21F3N2O5. The van der Waals surface area contributed by atoms with Gasteiger partial charge in [-0.15, -0.1) is 0 Å². The zero-order valence-electron chi connectivity index (χ0n) is 18.4. The number of carbonyl (C=O) groups is 1. The monoisotopic (exact) mass is 486 g/mol. The highest BCUT2D eigenvalue weighted by molar-refractivity contribution is 5.87. The first-order valence-electron chi connectivity index (χ1n) is 10.6. The largest absolute Gasteiger partial charge is 0.464 e. The lowest BCUT2D eigenvalue weighted by Gasteiger charge is -2.15. The van der Waals surface area contributed by atoms with Crippen molar-refractivity contribution in [2.75, 3.05) is 6.61 Å². The van der Waals surface area contributed by atoms with E-state index in [9.17, 15) is 28.2 Å². The molecule has 7 nitrogen and oxygen atoms in total. The molecule has 0 aliphatic heterocycles. The van der Waals surface area contributed by atoms with Crippen molar-refractivity contribution in [3.05, 3.63) is 84.2 Å². The van der Waals surface area contributed by atoms with Crippen LogP contribution in [0, 0.1) is 0 Å². The van der Waals surface area contributed by atoms with E-state index in [-0.39, 0.29) is 12.5 Å². The molecule has 0 spiro atoms. The Hall–Kier alpha value is -3.89. The highest BCUT2D eigenvalue weighted by Gasteiger charge is 2.31. The average molecular weight is 486 g/mol. The van der Waals surface area contributed by atoms with Crippen molar-refractivity contribution in [1.29, 1.82) is 0 Å². The molecule has 2 N–H and O–H groups in total. The average Bonchev–Trinajstić information content (AvgIpc) is 3.23. The van der Waals surface area contributed by atoms with Crippen LogP contribution in [0.3, 0.4) is 0 Å². The van der Waals surface area contributed by atoms with Crippen molar-refractivity contribution in [3.8, 4) is 17.3 Å². The van der Waals surface area contributed by atoms with Crippen LogP contribution in [0.4, 0.5) is 13.2 Å². The molecule has 0 amide bonds. The summed E-state index contributed by atoms with van der Waals surface area (Å²) in [7, 11) is 0. The van der Waals surface area contributed by atoms with Gasteiger partial charge in [0.1, 0.15) is 11.9 Å². The smallest absolute Gasteiger partial charge is 0.417 e. The van der Waals surface area contributed by atoms with Crippen LogP contribution < -0.4 is 4.74 Å². The number of aliphatic hydroxyl groups excluding tert-OH is 2. The van der Waals surface area contributed by atoms with Gasteiger partial charge in [-0.2, -0.15) is 13.2 Å². The Morgan fingerprint density at radius 2 is 1.77 bits per heavy atom. The van der Waals surface area contributed by atoms with E-state index in [2.05, 4.69) is 4.98 Å². The van der Waals surface area contributed by atoms with Crippen LogP contribution >= 0.6 is 0 Å². The van der Waals surface area contributed by atoms with E-state index in [1.807, 2.05) is 12.1 Å². The maximum atomic E-state index is 12.7. The molecule has 4 rings (SSSR count). The summed E-state index contributed by atoms with van der Waals surface area (Å²) in [5, 5.41) is 21.5. The molecule has 0 saturated heterocycles. The van der Waals surface area contributed by atoms with Crippen molar-refractivity contribution < 1.29 is 37.7 Å². The Balaban J connectivity index is 1.60. The summed E-state index contributed by atoms with van der Waals surface area (Å²) < 4.78 is 50.2. The highest BCUT2D eigenvalue weighted by Crippen LogP contribution is 2.33. The second kappa shape index (κ2) is 9.77. The minimum Gasteiger partial charge on any atom is -0.464 e. The van der Waals surface area contributed by atoms with Gasteiger partial charge in [0.05, 0.1) is 17.7 Å². The first-order chi connectivity index (χ1) is 16.7. The SMILES string of the molecule is CCOC(=O)[C@H](O)[C@@H](O)c1cn(-c2ccc(Oc3ccc(C(F)(F)F)cn3)cc2)c2ccccc12. The Kier molecular flexibility index (Phi) is 6.77. The summed E-state index contributed by atoms with van der Waals surface area (Å²) in [6.45, 7) is 1.67. The van der Waals surface area contributed by atoms with E-state index < -0.39 is 29.9 Å². The van der Waals surface area contributed by atoms with Crippen LogP contribution in [0.15, 0.2) is 73.1 Å². The summed E-state index contributed by atoms with van der Waals surface area (Å²) in [5.41, 5.74) is 0.870. The van der Waals surface area contributed by atoms with Gasteiger partial charge in [-0.3, -0.25) is 0 Å². The molecule has 2 atom stereocenters. The van der Waals surface area contributed by atoms with Crippen LogP contribution in [0.25, 0.3) is 16.6 Å². The Bertz CT molecular complexity index is 1320. The molecule has 0 radical (unpaired) electrons. The molecule has 10 heteroatoms. The molecule has 0 aliphatic carbocycles. The second-order valence-electron chi connectivity index (χ2n) is 7.59. The fraction of sp³-hybridized carbons (Fsp3) is 0.200. The van der Waals surface area contributed by atoms with Crippen LogP contribution in [0.2, 0.25) is 0 Å². The third-order valence-corrected chi connectivity index (χ3v) is 5.29. The van der Waals surface area contributed by atoms with E-state index in [0.717, 1.165) is 17.6 Å². The molecule has 0 bridgehead atoms. The lowest BCUT2D eigenvalue weighted by atomic mass is 10.0. The number of carbonyl (C=O) groups excluding carboxylic acids is 1. The van der Waals surface area contributed by atoms with Gasteiger partial charge >= 0.3 is 12.1 Å². The maximum absolute atomic E-state index is 12.7. The van der Waals surface area contributed by atoms with Crippen LogP contribution in [0.5, 0.6) is 11.6 Å². The summed E-state index contributed by atoms with van der Waals surface area (Å²) in [5.74, 6) is -0.554. The minimum absolute atomic E-state index is 0.00975. The Labute approximate surface area is 198 Å². The lowest BCUT2D eigenvalue weighted by molar-refractivity contribution is -0.159. The Morgan fingerprint density at radius 3 is 2.40 bits per heavy atom. The quantitative estimate of drug-likeness (QED) is 0.365. The molecule has 0 fully saturated rings. The highest BCUT2D eigenvalue weighted by atomic mass is 19.4. The van der Waals surface area contributed by atoms with Crippen LogP contribution in [-0.4, -0.2) is 38.4 Å². The third kappa shape index (κ3) is 5.13. The van der Waals surface area contributed by atoms with Gasteiger partial charge < -0.3 is 24.3 Å². The number of pyridine rings is 1. The number of hydrogen-bond donors (Lipinski definition) is 2. The van der Waals surface area contributed by atoms with E-state index in [1.165, 1.54) is 0 Å². The number of benzene rings is 2. The van der Waals surface area contributed by atoms with Gasteiger partial charge in [-0.25, -0.2) is 9.78 Å². The number of rotatable bonds is 7.